The first-order valence-electron chi connectivity index (χ1n) is 6.06. The number of nitrogens with zero attached hydrogens (tertiary/aromatic N) is 1. The molecule has 3 heteroatoms. The van der Waals surface area contributed by atoms with Crippen molar-refractivity contribution >= 4 is 0 Å². The smallest absolute Gasteiger partial charge is 0.181 e. The molecule has 0 atom stereocenters. The van der Waals surface area contributed by atoms with Crippen LogP contribution in [0.3, 0.4) is 0 Å². The lowest BCUT2D eigenvalue weighted by Crippen LogP contribution is -2.15. The number of oxazole rings is 1. The molecule has 3 nitrogen and oxygen atoms in total. The molecule has 0 unspecified atom stereocenters. The van der Waals surface area contributed by atoms with Gasteiger partial charge in [0.25, 0.3) is 0 Å². The summed E-state index contributed by atoms with van der Waals surface area (Å²) in [5.74, 6) is 0.891. The van der Waals surface area contributed by atoms with E-state index in [2.05, 4.69) is 35.4 Å². The molecule has 0 saturated heterocycles. The highest BCUT2D eigenvalue weighted by molar-refractivity contribution is 5.60. The molecular formula is C14H16N2O. The molecule has 0 aliphatic heterocycles. The van der Waals surface area contributed by atoms with Crippen LogP contribution in [0.5, 0.6) is 0 Å². The first-order chi connectivity index (χ1) is 8.33. The second kappa shape index (κ2) is 4.34. The number of aryl methyl sites for hydroxylation is 1. The van der Waals surface area contributed by atoms with Gasteiger partial charge in [-0.2, -0.15) is 0 Å². The fourth-order valence-corrected chi connectivity index (χ4v) is 1.94. The zero-order valence-corrected chi connectivity index (χ0v) is 9.94. The van der Waals surface area contributed by atoms with Gasteiger partial charge in [-0.3, -0.25) is 0 Å². The van der Waals surface area contributed by atoms with Crippen LogP contribution in [0.2, 0.25) is 0 Å². The summed E-state index contributed by atoms with van der Waals surface area (Å²) in [5.41, 5.74) is 3.34. The number of hydrogen-bond acceptors (Lipinski definition) is 3. The molecule has 17 heavy (non-hydrogen) atoms. The van der Waals surface area contributed by atoms with E-state index in [-0.39, 0.29) is 0 Å². The van der Waals surface area contributed by atoms with Crippen molar-refractivity contribution < 1.29 is 4.42 Å². The van der Waals surface area contributed by atoms with Gasteiger partial charge in [0, 0.05) is 18.2 Å². The Balaban J connectivity index is 1.83. The van der Waals surface area contributed by atoms with Crippen LogP contribution in [0.1, 0.15) is 24.1 Å². The topological polar surface area (TPSA) is 38.1 Å². The predicted octanol–water partition coefficient (Wildman–Crippen LogP) is 2.90. The zero-order chi connectivity index (χ0) is 11.7. The first-order valence-corrected chi connectivity index (χ1v) is 6.06. The van der Waals surface area contributed by atoms with Gasteiger partial charge in [0.2, 0.25) is 0 Å². The van der Waals surface area contributed by atoms with Crippen molar-refractivity contribution in [3.8, 4) is 11.3 Å². The molecule has 1 heterocycles. The Labute approximate surface area is 101 Å². The van der Waals surface area contributed by atoms with Gasteiger partial charge in [0.05, 0.1) is 0 Å². The molecule has 1 aliphatic rings. The Hall–Kier alpha value is -1.61. The molecule has 0 spiro atoms. The lowest BCUT2D eigenvalue weighted by Gasteiger charge is -2.03. The third kappa shape index (κ3) is 2.39. The average molecular weight is 228 g/mol. The minimum atomic E-state index is 0.692. The summed E-state index contributed by atoms with van der Waals surface area (Å²) in [6.07, 6.45) is 4.11. The Morgan fingerprint density at radius 1 is 1.41 bits per heavy atom. The minimum Gasteiger partial charge on any atom is -0.443 e. The average Bonchev–Trinajstić information content (AvgIpc) is 3.04. The Kier molecular flexibility index (Phi) is 2.69. The molecule has 0 amide bonds. The van der Waals surface area contributed by atoms with Gasteiger partial charge >= 0.3 is 0 Å². The van der Waals surface area contributed by atoms with Gasteiger partial charge in [-0.25, -0.2) is 4.98 Å². The van der Waals surface area contributed by atoms with E-state index in [9.17, 15) is 0 Å². The molecule has 0 bridgehead atoms. The highest BCUT2D eigenvalue weighted by atomic mass is 16.3. The summed E-state index contributed by atoms with van der Waals surface area (Å²) in [7, 11) is 0. The Morgan fingerprint density at radius 3 is 3.06 bits per heavy atom. The molecule has 3 rings (SSSR count). The molecule has 1 fully saturated rings. The van der Waals surface area contributed by atoms with Crippen LogP contribution in [0.4, 0.5) is 0 Å². The zero-order valence-electron chi connectivity index (χ0n) is 9.94. The summed E-state index contributed by atoms with van der Waals surface area (Å²) < 4.78 is 5.51. The Bertz CT molecular complexity index is 514. The maximum atomic E-state index is 5.51. The summed E-state index contributed by atoms with van der Waals surface area (Å²) in [6, 6.07) is 9.01. The molecule has 88 valence electrons. The predicted molar refractivity (Wildman–Crippen MR) is 66.5 cm³/mol. The molecule has 0 radical (unpaired) electrons. The van der Waals surface area contributed by atoms with E-state index >= 15 is 0 Å². The molecule has 1 aliphatic carbocycles. The number of nitrogens with one attached hydrogen (secondary N) is 1. The second-order valence-electron chi connectivity index (χ2n) is 4.65. The number of rotatable bonds is 4. The minimum absolute atomic E-state index is 0.692. The van der Waals surface area contributed by atoms with Crippen LogP contribution < -0.4 is 5.32 Å². The standard InChI is InChI=1S/C14H16N2O/c1-10-3-2-4-11(7-10)14-13(16-9-17-14)8-15-12-5-6-12/h2-4,7,9,12,15H,5-6,8H2,1H3. The fraction of sp³-hybridized carbons (Fsp3) is 0.357. The lowest BCUT2D eigenvalue weighted by molar-refractivity contribution is 0.569. The van der Waals surface area contributed by atoms with E-state index in [1.165, 1.54) is 24.8 Å². The molecular weight excluding hydrogens is 212 g/mol. The molecule has 1 saturated carbocycles. The van der Waals surface area contributed by atoms with Crippen LogP contribution in [0.25, 0.3) is 11.3 Å². The summed E-state index contributed by atoms with van der Waals surface area (Å²) in [4.78, 5) is 4.29. The second-order valence-corrected chi connectivity index (χ2v) is 4.65. The molecule has 1 aromatic heterocycles. The molecule has 2 aromatic rings. The highest BCUT2D eigenvalue weighted by Crippen LogP contribution is 2.25. The van der Waals surface area contributed by atoms with Crippen molar-refractivity contribution in [2.75, 3.05) is 0 Å². The SMILES string of the molecule is Cc1cccc(-c2ocnc2CNC2CC2)c1. The normalized spacial score (nSPS) is 15.1. The molecule has 1 aromatic carbocycles. The van der Waals surface area contributed by atoms with Crippen LogP contribution in [0.15, 0.2) is 35.1 Å². The van der Waals surface area contributed by atoms with Gasteiger partial charge in [-0.1, -0.05) is 23.8 Å². The third-order valence-corrected chi connectivity index (χ3v) is 3.06. The van der Waals surface area contributed by atoms with Crippen molar-refractivity contribution in [2.24, 2.45) is 0 Å². The summed E-state index contributed by atoms with van der Waals surface area (Å²) in [6.45, 7) is 2.88. The maximum Gasteiger partial charge on any atom is 0.181 e. The van der Waals surface area contributed by atoms with Gasteiger partial charge in [0.1, 0.15) is 5.69 Å². The van der Waals surface area contributed by atoms with Crippen LogP contribution in [-0.2, 0) is 6.54 Å². The monoisotopic (exact) mass is 228 g/mol. The van der Waals surface area contributed by atoms with E-state index in [1.54, 1.807) is 0 Å². The van der Waals surface area contributed by atoms with Gasteiger partial charge < -0.3 is 9.73 Å². The lowest BCUT2D eigenvalue weighted by atomic mass is 10.1. The van der Waals surface area contributed by atoms with Crippen LogP contribution >= 0.6 is 0 Å². The number of benzene rings is 1. The van der Waals surface area contributed by atoms with Crippen molar-refractivity contribution in [1.29, 1.82) is 0 Å². The van der Waals surface area contributed by atoms with Gasteiger partial charge in [0.15, 0.2) is 12.2 Å². The number of hydrogen-bond donors (Lipinski definition) is 1. The van der Waals surface area contributed by atoms with Crippen molar-refractivity contribution in [1.82, 2.24) is 10.3 Å². The fourth-order valence-electron chi connectivity index (χ4n) is 1.94. The summed E-state index contributed by atoms with van der Waals surface area (Å²) >= 11 is 0. The van der Waals surface area contributed by atoms with Crippen molar-refractivity contribution in [2.45, 2.75) is 32.4 Å². The number of aromatic nitrogens is 1. The first kappa shape index (κ1) is 10.5. The van der Waals surface area contributed by atoms with E-state index < -0.39 is 0 Å². The largest absolute Gasteiger partial charge is 0.443 e. The van der Waals surface area contributed by atoms with E-state index in [0.29, 0.717) is 6.04 Å². The maximum absolute atomic E-state index is 5.51. The van der Waals surface area contributed by atoms with E-state index in [4.69, 9.17) is 4.42 Å². The quantitative estimate of drug-likeness (QED) is 0.874. The van der Waals surface area contributed by atoms with Gasteiger partial charge in [-0.05, 0) is 25.8 Å². The van der Waals surface area contributed by atoms with Gasteiger partial charge in [-0.15, -0.1) is 0 Å². The third-order valence-electron chi connectivity index (χ3n) is 3.06. The Morgan fingerprint density at radius 2 is 2.29 bits per heavy atom. The highest BCUT2D eigenvalue weighted by Gasteiger charge is 2.21. The molecule has 1 N–H and O–H groups in total. The van der Waals surface area contributed by atoms with Crippen molar-refractivity contribution in [3.63, 3.8) is 0 Å². The summed E-state index contributed by atoms with van der Waals surface area (Å²) in [5, 5.41) is 3.46. The van der Waals surface area contributed by atoms with Crippen LogP contribution in [-0.4, -0.2) is 11.0 Å². The van der Waals surface area contributed by atoms with E-state index in [0.717, 1.165) is 23.6 Å². The van der Waals surface area contributed by atoms with Crippen LogP contribution in [0, 0.1) is 6.92 Å². The van der Waals surface area contributed by atoms with E-state index in [1.807, 2.05) is 6.07 Å². The van der Waals surface area contributed by atoms with Crippen molar-refractivity contribution in [3.05, 3.63) is 41.9 Å².